The summed E-state index contributed by atoms with van der Waals surface area (Å²) in [7, 11) is 0. The van der Waals surface area contributed by atoms with Crippen LogP contribution in [0.25, 0.3) is 143 Å². The first-order valence-corrected chi connectivity index (χ1v) is 24.2. The molecule has 0 saturated carbocycles. The van der Waals surface area contributed by atoms with Crippen LogP contribution >= 0.6 is 0 Å². The van der Waals surface area contributed by atoms with Crippen molar-refractivity contribution in [3.05, 3.63) is 217 Å². The van der Waals surface area contributed by atoms with Crippen molar-refractivity contribution in [1.29, 1.82) is 0 Å². The van der Waals surface area contributed by atoms with Gasteiger partial charge in [-0.15, -0.1) is 0 Å². The molecular formula is C65H40N4O. The molecule has 0 aliphatic heterocycles. The molecule has 5 heteroatoms. The molecule has 0 saturated heterocycles. The third kappa shape index (κ3) is 4.80. The van der Waals surface area contributed by atoms with Gasteiger partial charge in [-0.3, -0.25) is 4.57 Å². The van der Waals surface area contributed by atoms with Gasteiger partial charge in [-0.2, -0.15) is 0 Å². The second-order valence-corrected chi connectivity index (χ2v) is 19.6. The van der Waals surface area contributed by atoms with E-state index >= 15 is 0 Å². The molecule has 0 amide bonds. The highest BCUT2D eigenvalue weighted by Gasteiger charge is 2.37. The molecule has 70 heavy (non-hydrogen) atoms. The van der Waals surface area contributed by atoms with Crippen molar-refractivity contribution >= 4 is 109 Å². The molecule has 5 nitrogen and oxygen atoms in total. The molecular weight excluding hydrogens is 853 g/mol. The molecule has 0 spiro atoms. The van der Waals surface area contributed by atoms with E-state index in [1.54, 1.807) is 0 Å². The number of hydrogen-bond acceptors (Lipinski definition) is 3. The van der Waals surface area contributed by atoms with Crippen molar-refractivity contribution in [2.75, 3.05) is 0 Å². The standard InChI is InChI=1S/C65H40N4O/c1-65(2)50-29-15-12-27-46(50)57-51(65)34-33-48-55(57)43-24-9-10-25-44(43)56-47-28-14-17-31-53(47)69(61(48)56)64-66-59(37-32-35-54-49(36-37)41-22-13-16-30-52(41)68(54)38-18-4-3-5-19-38)63-60(67-64)58-42-23-8-6-20-39(42)40-21-7-11-26-45(40)62(58)70-63/h3-36H,1-2H3. The van der Waals surface area contributed by atoms with Gasteiger partial charge in [-0.05, 0) is 91.0 Å². The van der Waals surface area contributed by atoms with Crippen LogP contribution in [0.5, 0.6) is 0 Å². The minimum absolute atomic E-state index is 0.157. The summed E-state index contributed by atoms with van der Waals surface area (Å²) in [6.07, 6.45) is 0. The molecule has 0 fully saturated rings. The van der Waals surface area contributed by atoms with Crippen LogP contribution < -0.4 is 0 Å². The Bertz CT molecular complexity index is 4800. The zero-order valence-electron chi connectivity index (χ0n) is 38.3. The van der Waals surface area contributed by atoms with E-state index in [2.05, 4.69) is 229 Å². The van der Waals surface area contributed by atoms with Gasteiger partial charge in [0.2, 0.25) is 5.95 Å². The number of hydrogen-bond donors (Lipinski definition) is 0. The van der Waals surface area contributed by atoms with E-state index in [4.69, 9.17) is 14.4 Å². The minimum atomic E-state index is -0.157. The zero-order chi connectivity index (χ0) is 46.0. The van der Waals surface area contributed by atoms with Crippen LogP contribution in [0.4, 0.5) is 0 Å². The summed E-state index contributed by atoms with van der Waals surface area (Å²) in [5.41, 5.74) is 14.7. The Morgan fingerprint density at radius 1 is 0.400 bits per heavy atom. The number of para-hydroxylation sites is 3. The van der Waals surface area contributed by atoms with Crippen LogP contribution in [0.1, 0.15) is 25.0 Å². The Kier molecular flexibility index (Phi) is 7.35. The van der Waals surface area contributed by atoms with Gasteiger partial charge in [0.05, 0.1) is 27.5 Å². The maximum Gasteiger partial charge on any atom is 0.236 e. The lowest BCUT2D eigenvalue weighted by atomic mass is 9.81. The van der Waals surface area contributed by atoms with E-state index in [1.165, 1.54) is 54.6 Å². The summed E-state index contributed by atoms with van der Waals surface area (Å²) >= 11 is 0. The van der Waals surface area contributed by atoms with E-state index in [0.717, 1.165) is 87.8 Å². The Hall–Kier alpha value is -9.06. The van der Waals surface area contributed by atoms with Gasteiger partial charge in [0.15, 0.2) is 5.58 Å². The monoisotopic (exact) mass is 892 g/mol. The predicted molar refractivity (Wildman–Crippen MR) is 291 cm³/mol. The zero-order valence-corrected chi connectivity index (χ0v) is 38.3. The topological polar surface area (TPSA) is 48.8 Å². The summed E-state index contributed by atoms with van der Waals surface area (Å²) in [5, 5.41) is 15.0. The number of benzene rings is 11. The average Bonchev–Trinajstić information content (AvgIpc) is 4.14. The van der Waals surface area contributed by atoms with Gasteiger partial charge in [-0.1, -0.05) is 184 Å². The third-order valence-corrected chi connectivity index (χ3v) is 15.7. The lowest BCUT2D eigenvalue weighted by molar-refractivity contribution is 0.661. The second-order valence-electron chi connectivity index (χ2n) is 19.6. The van der Waals surface area contributed by atoms with Gasteiger partial charge in [-0.25, -0.2) is 9.97 Å². The van der Waals surface area contributed by atoms with Crippen LogP contribution in [-0.2, 0) is 5.41 Å². The molecule has 11 aromatic carbocycles. The largest absolute Gasteiger partial charge is 0.451 e. The maximum absolute atomic E-state index is 7.27. The first-order valence-electron chi connectivity index (χ1n) is 24.2. The predicted octanol–water partition coefficient (Wildman–Crippen LogP) is 17.2. The van der Waals surface area contributed by atoms with Gasteiger partial charge < -0.3 is 8.98 Å². The summed E-state index contributed by atoms with van der Waals surface area (Å²) in [6, 6.07) is 74.9. The van der Waals surface area contributed by atoms with Crippen LogP contribution in [0.15, 0.2) is 211 Å². The van der Waals surface area contributed by atoms with E-state index in [1.807, 2.05) is 0 Å². The first kappa shape index (κ1) is 38.0. The minimum Gasteiger partial charge on any atom is -0.451 e. The highest BCUT2D eigenvalue weighted by Crippen LogP contribution is 2.55. The molecule has 15 aromatic rings. The van der Waals surface area contributed by atoms with Crippen LogP contribution in [0.3, 0.4) is 0 Å². The van der Waals surface area contributed by atoms with Gasteiger partial charge in [0.25, 0.3) is 0 Å². The molecule has 1 aliphatic carbocycles. The Balaban J connectivity index is 1.09. The highest BCUT2D eigenvalue weighted by molar-refractivity contribution is 6.35. The highest BCUT2D eigenvalue weighted by atomic mass is 16.3. The number of nitrogens with zero attached hydrogens (tertiary/aromatic N) is 4. The van der Waals surface area contributed by atoms with E-state index < -0.39 is 0 Å². The fourth-order valence-electron chi connectivity index (χ4n) is 12.7. The molecule has 4 aromatic heterocycles. The molecule has 0 bridgehead atoms. The molecule has 0 radical (unpaired) electrons. The number of fused-ring (bicyclic) bond motifs is 23. The molecule has 326 valence electrons. The lowest BCUT2D eigenvalue weighted by Gasteiger charge is -2.22. The fourth-order valence-corrected chi connectivity index (χ4v) is 12.7. The van der Waals surface area contributed by atoms with Crippen LogP contribution in [0.2, 0.25) is 0 Å². The number of rotatable bonds is 3. The maximum atomic E-state index is 7.27. The summed E-state index contributed by atoms with van der Waals surface area (Å²) < 4.78 is 12.0. The lowest BCUT2D eigenvalue weighted by Crippen LogP contribution is -2.14. The Morgan fingerprint density at radius 3 is 1.76 bits per heavy atom. The van der Waals surface area contributed by atoms with Crippen molar-refractivity contribution in [2.45, 2.75) is 19.3 Å². The van der Waals surface area contributed by atoms with E-state index in [9.17, 15) is 0 Å². The van der Waals surface area contributed by atoms with E-state index in [-0.39, 0.29) is 5.41 Å². The van der Waals surface area contributed by atoms with Crippen molar-refractivity contribution in [1.82, 2.24) is 19.1 Å². The molecule has 1 aliphatic rings. The van der Waals surface area contributed by atoms with Gasteiger partial charge >= 0.3 is 0 Å². The van der Waals surface area contributed by atoms with Crippen LogP contribution in [0, 0.1) is 0 Å². The average molecular weight is 893 g/mol. The van der Waals surface area contributed by atoms with Crippen molar-refractivity contribution < 1.29 is 4.42 Å². The van der Waals surface area contributed by atoms with E-state index in [0.29, 0.717) is 11.5 Å². The Morgan fingerprint density at radius 2 is 0.986 bits per heavy atom. The third-order valence-electron chi connectivity index (χ3n) is 15.7. The molecule has 16 rings (SSSR count). The van der Waals surface area contributed by atoms with Crippen molar-refractivity contribution in [3.63, 3.8) is 0 Å². The smallest absolute Gasteiger partial charge is 0.236 e. The molecule has 0 unspecified atom stereocenters. The fraction of sp³-hybridized carbons (Fsp3) is 0.0462. The summed E-state index contributed by atoms with van der Waals surface area (Å²) in [4.78, 5) is 11.6. The first-order chi connectivity index (χ1) is 34.5. The normalized spacial score (nSPS) is 13.4. The second kappa shape index (κ2) is 13.6. The van der Waals surface area contributed by atoms with Gasteiger partial charge in [0, 0.05) is 49.0 Å². The molecule has 0 N–H and O–H groups in total. The van der Waals surface area contributed by atoms with Crippen molar-refractivity contribution in [3.8, 4) is 34.0 Å². The van der Waals surface area contributed by atoms with Gasteiger partial charge in [0.1, 0.15) is 16.8 Å². The summed E-state index contributed by atoms with van der Waals surface area (Å²) in [6.45, 7) is 4.73. The van der Waals surface area contributed by atoms with Crippen molar-refractivity contribution in [2.24, 2.45) is 0 Å². The van der Waals surface area contributed by atoms with Crippen LogP contribution in [-0.4, -0.2) is 19.1 Å². The summed E-state index contributed by atoms with van der Waals surface area (Å²) in [5.74, 6) is 0.596. The molecule has 4 heterocycles. The SMILES string of the molecule is CC1(C)c2ccccc2-c2c1ccc1c2c2ccccc2c2c3ccccc3n(-c3nc(-c4ccc5c(c4)c4ccccc4n5-c4ccccc4)c4oc5c6ccccc6c6ccccc6c5c4n3)c12. The molecule has 0 atom stereocenters. The quantitative estimate of drug-likeness (QED) is 0.166. The Labute approximate surface area is 401 Å². The number of furan rings is 1. The number of aromatic nitrogens is 4.